The molecular formula is C70H117N5O56S2. The van der Waals surface area contributed by atoms with Crippen molar-refractivity contribution < 1.29 is 271 Å². The van der Waals surface area contributed by atoms with Gasteiger partial charge in [-0.2, -0.15) is 16.8 Å². The largest absolute Gasteiger partial charge is 0.397 e. The molecule has 0 aliphatic carbocycles. The highest BCUT2D eigenvalue weighted by molar-refractivity contribution is 7.81. The maximum absolute atomic E-state index is 13.3. The molecule has 0 saturated carbocycles. The van der Waals surface area contributed by atoms with Crippen molar-refractivity contribution in [2.45, 2.75) is 348 Å². The first-order chi connectivity index (χ1) is 62.4. The van der Waals surface area contributed by atoms with Crippen molar-refractivity contribution in [3.8, 4) is 0 Å². The number of hydrogen-bond acceptors (Lipinski definition) is 54. The Morgan fingerprint density at radius 2 is 0.526 bits per heavy atom. The van der Waals surface area contributed by atoms with Gasteiger partial charge in [-0.25, -0.2) is 8.37 Å². The summed E-state index contributed by atoms with van der Waals surface area (Å²) in [6.07, 6.45) is -98.7. The minimum absolute atomic E-state index is 0.865. The quantitative estimate of drug-likeness (QED) is 0.0259. The molecule has 61 nitrogen and oxygen atoms in total. The first-order valence-electron chi connectivity index (χ1n) is 41.3. The summed E-state index contributed by atoms with van der Waals surface area (Å²) in [6, 6.07) is -10.0. The van der Waals surface area contributed by atoms with Gasteiger partial charge in [0.05, 0.1) is 65.6 Å². The van der Waals surface area contributed by atoms with Crippen LogP contribution in [-0.2, 0) is 143 Å². The van der Waals surface area contributed by atoms with Crippen molar-refractivity contribution in [2.24, 2.45) is 0 Å². The topological polar surface area (TPSA) is 934 Å². The Bertz CT molecular complexity index is 3990. The lowest BCUT2D eigenvalue weighted by Gasteiger charge is -2.51. The Morgan fingerprint density at radius 1 is 0.248 bits per heavy atom. The Balaban J connectivity index is 0.995. The zero-order valence-corrected chi connectivity index (χ0v) is 72.6. The summed E-state index contributed by atoms with van der Waals surface area (Å²) in [5.74, 6) is -4.98. The molecule has 0 radical (unpaired) electrons. The molecule has 10 saturated heterocycles. The van der Waals surface area contributed by atoms with Crippen LogP contribution in [0.2, 0.25) is 0 Å². The summed E-state index contributed by atoms with van der Waals surface area (Å²) in [4.78, 5) is 64.6. The molecule has 10 rings (SSSR count). The van der Waals surface area contributed by atoms with Crippen molar-refractivity contribution in [2.75, 3.05) is 59.5 Å². The van der Waals surface area contributed by atoms with Crippen LogP contribution < -0.4 is 26.6 Å². The van der Waals surface area contributed by atoms with E-state index < -0.39 is 417 Å². The van der Waals surface area contributed by atoms with Crippen LogP contribution in [0.1, 0.15) is 41.5 Å². The van der Waals surface area contributed by atoms with Gasteiger partial charge in [0.25, 0.3) is 0 Å². The van der Waals surface area contributed by atoms with Gasteiger partial charge in [-0.15, -0.1) is 0 Å². The number of nitrogens with one attached hydrogen (secondary N) is 5. The van der Waals surface area contributed by atoms with E-state index in [9.17, 15) is 172 Å². The molecule has 10 fully saturated rings. The molecule has 10 heterocycles. The average Bonchev–Trinajstić information content (AvgIpc) is 0.763. The van der Waals surface area contributed by atoms with Crippen molar-refractivity contribution in [1.82, 2.24) is 26.6 Å². The second-order valence-electron chi connectivity index (χ2n) is 32.7. The second kappa shape index (κ2) is 47.3. The monoisotopic (exact) mass is 1990 g/mol. The zero-order chi connectivity index (χ0) is 98.5. The lowest BCUT2D eigenvalue weighted by molar-refractivity contribution is -0.398. The van der Waals surface area contributed by atoms with Crippen LogP contribution in [0.15, 0.2) is 0 Å². The summed E-state index contributed by atoms with van der Waals surface area (Å²) in [5, 5.41) is 284. The number of aliphatic hydroxyl groups excluding tert-OH is 24. The van der Waals surface area contributed by atoms with E-state index in [1.807, 2.05) is 0 Å². The van der Waals surface area contributed by atoms with E-state index in [1.54, 1.807) is 0 Å². The number of amides is 5. The molecule has 0 bridgehead atoms. The van der Waals surface area contributed by atoms with E-state index >= 15 is 0 Å². The van der Waals surface area contributed by atoms with Gasteiger partial charge >= 0.3 is 20.8 Å². The van der Waals surface area contributed by atoms with Crippen LogP contribution in [-0.4, -0.2) is 544 Å². The number of carbonyl (C=O) groups excluding carboxylic acids is 5. The standard InChI is InChI=1S/C70H117N5O56S2/c1-16-36(88)46(98)49(101)66(113-16)111-15-30-55(41(93)31(61(104)114-30)71-17(2)83)124-62-32(72-18(3)84)43(95)53(26(11-80)118-62)125-67-50(102)57(127-70-60(48(100)38(90)23(8-77)117-70)129-65-33(73-19(4)85)42(94)52(25(10-79)119-65)123-63-35(75-21(6)87)45(97)56(28(13-82)121-63)130-132(105,106)107)40(92)29(122-67)14-112-69-59(47(99)37(89)22(7-76)116-69)128-64-34(74-20(5)86)44(96)54(27(12-81)120-64)126-68-51(103)58(131-133(108,109)110)39(91)24(9-78)115-68/h16,22-70,76-82,88-104H,7-15H2,1-6H3,(H,71,83)(H,72,84)(H,73,85)(H,74,86)(H,75,87)(H,105,106,107)(H,108,109,110)/t16-,22+,23+,24+,25+,26+,27+,28+,29+,30+,31+,32+,33-,34+,35+,36+,37+,38+,39-,40+,41+,42+,43+,44+,45+,46+,47-,48-,49-,50-,51+,52+,53+,54+,55+,56-,57-,58-,59-,60-,61?,62-,63-,64-,65-,66+,67-,68-,69-,70+/m0/s1. The molecule has 1 unspecified atom stereocenters. The number of ether oxygens (including phenoxy) is 19. The van der Waals surface area contributed by atoms with Gasteiger partial charge in [-0.3, -0.25) is 33.1 Å². The Kier molecular flexibility index (Phi) is 39.2. The van der Waals surface area contributed by atoms with Crippen molar-refractivity contribution >= 4 is 50.3 Å². The second-order valence-corrected chi connectivity index (χ2v) is 34.8. The minimum atomic E-state index is -5.52. The molecule has 5 amide bonds. The fraction of sp³-hybridized carbons (Fsp3) is 0.929. The molecule has 0 spiro atoms. The smallest absolute Gasteiger partial charge is 0.394 e. The van der Waals surface area contributed by atoms with Crippen molar-refractivity contribution in [1.29, 1.82) is 0 Å². The Morgan fingerprint density at radius 3 is 0.925 bits per heavy atom. The maximum atomic E-state index is 13.3. The lowest BCUT2D eigenvalue weighted by Crippen LogP contribution is -2.71. The third-order valence-corrected chi connectivity index (χ3v) is 24.2. The summed E-state index contributed by atoms with van der Waals surface area (Å²) in [6.45, 7) is -5.14. The van der Waals surface area contributed by atoms with Gasteiger partial charge in [-0.05, 0) is 6.92 Å². The summed E-state index contributed by atoms with van der Waals surface area (Å²) >= 11 is 0. The molecule has 133 heavy (non-hydrogen) atoms. The van der Waals surface area contributed by atoms with Gasteiger partial charge in [0.15, 0.2) is 62.9 Å². The molecule has 10 aliphatic rings. The molecule has 10 aliphatic heterocycles. The number of carbonyl (C=O) groups is 5. The van der Waals surface area contributed by atoms with Gasteiger partial charge in [0, 0.05) is 34.6 Å². The third-order valence-electron chi connectivity index (χ3n) is 23.2. The first kappa shape index (κ1) is 110. The van der Waals surface area contributed by atoms with Gasteiger partial charge < -0.3 is 239 Å². The number of hydrogen-bond donors (Lipinski definition) is 31. The van der Waals surface area contributed by atoms with E-state index in [-0.39, 0.29) is 0 Å². The first-order valence-corrected chi connectivity index (χ1v) is 44.0. The third kappa shape index (κ3) is 26.0. The van der Waals surface area contributed by atoms with Gasteiger partial charge in [0.1, 0.15) is 238 Å². The Hall–Kier alpha value is -4.63. The van der Waals surface area contributed by atoms with Crippen LogP contribution in [0.3, 0.4) is 0 Å². The van der Waals surface area contributed by atoms with Gasteiger partial charge in [0.2, 0.25) is 29.5 Å². The summed E-state index contributed by atoms with van der Waals surface area (Å²) in [7, 11) is -11.0. The molecule has 0 aromatic carbocycles. The fourth-order valence-corrected chi connectivity index (χ4v) is 17.7. The van der Waals surface area contributed by atoms with Crippen molar-refractivity contribution in [3.05, 3.63) is 0 Å². The minimum Gasteiger partial charge on any atom is -0.394 e. The van der Waals surface area contributed by atoms with Crippen LogP contribution in [0.25, 0.3) is 0 Å². The predicted molar refractivity (Wildman–Crippen MR) is 407 cm³/mol. The molecule has 63 heteroatoms. The van der Waals surface area contributed by atoms with Crippen LogP contribution in [0.5, 0.6) is 0 Å². The number of aliphatic hydroxyl groups is 24. The van der Waals surface area contributed by atoms with Crippen LogP contribution in [0, 0.1) is 0 Å². The Labute approximate surface area is 753 Å². The summed E-state index contributed by atoms with van der Waals surface area (Å²) in [5.41, 5.74) is 0. The zero-order valence-electron chi connectivity index (χ0n) is 70.9. The normalized spacial score (nSPS) is 46.8. The van der Waals surface area contributed by atoms with Crippen LogP contribution >= 0.6 is 0 Å². The molecule has 0 aromatic heterocycles. The molecule has 770 valence electrons. The van der Waals surface area contributed by atoms with E-state index in [1.165, 1.54) is 6.92 Å². The highest BCUT2D eigenvalue weighted by Gasteiger charge is 2.63. The highest BCUT2D eigenvalue weighted by atomic mass is 32.3. The predicted octanol–water partition coefficient (Wildman–Crippen LogP) is -21.4. The highest BCUT2D eigenvalue weighted by Crippen LogP contribution is 2.41. The molecule has 0 aromatic rings. The van der Waals surface area contributed by atoms with E-state index in [0.29, 0.717) is 0 Å². The lowest BCUT2D eigenvalue weighted by atomic mass is 9.93. The molecule has 31 N–H and O–H groups in total. The van der Waals surface area contributed by atoms with E-state index in [0.717, 1.165) is 34.6 Å². The molecular weight excluding hydrogens is 1870 g/mol. The molecule has 50 atom stereocenters. The number of rotatable bonds is 36. The summed E-state index contributed by atoms with van der Waals surface area (Å²) < 4.78 is 189. The van der Waals surface area contributed by atoms with Crippen molar-refractivity contribution in [3.63, 3.8) is 0 Å². The van der Waals surface area contributed by atoms with E-state index in [2.05, 4.69) is 35.0 Å². The van der Waals surface area contributed by atoms with Gasteiger partial charge in [-0.1, -0.05) is 0 Å². The fourth-order valence-electron chi connectivity index (χ4n) is 16.7. The van der Waals surface area contributed by atoms with E-state index in [4.69, 9.17) is 90.0 Å². The SMILES string of the molecule is CC(=O)N[C@@H]1[C@H](O[C@@H]2[C@@H](O[C@@H]3[C@H](O)[C@H](O[C@H]4[C@H](O)[C@@H](NC(C)=O)[C@H](O[C@H]5[C@H](O)[C@@H](NC(C)=O)C(O)O[C@@H]5CO[C@@H]5O[C@@H](C)[C@@H](O)[C@@H](O)[C@@H]5O)O[C@@H]4CO)O[C@H](CO[C@H]4O[C@H](CO)[C@@H](O)[C@H](O)[C@@H]4O[C@@H]4O[C@H](CO)[C@@H](O[C@@H]5O[C@H](CO)[C@H](O)[C@H](OS(=O)(=O)O)[C@H]5O)[C@H](O)[C@H]4NC(C)=O)[C@H]3O)O[C@H](CO)[C@@H](O)[C@@H]2O)O[C@H](CO)[C@@H](O[C@@H]2O[C@H](CO)[C@H](OS(=O)(=O)O)[C@H](O)[C@H]2NC(C)=O)[C@@H]1O. The van der Waals surface area contributed by atoms with Crippen LogP contribution in [0.4, 0.5) is 0 Å². The average molecular weight is 1990 g/mol. The maximum Gasteiger partial charge on any atom is 0.397 e.